The summed E-state index contributed by atoms with van der Waals surface area (Å²) in [6.07, 6.45) is 0.0341. The molecule has 38 heavy (non-hydrogen) atoms. The molecule has 3 aliphatic heterocycles. The minimum absolute atomic E-state index is 0.0435. The van der Waals surface area contributed by atoms with Gasteiger partial charge in [0.05, 0.1) is 18.2 Å². The Morgan fingerprint density at radius 3 is 2.26 bits per heavy atom. The number of aliphatic imine (C=N–C) groups is 1. The lowest BCUT2D eigenvalue weighted by molar-refractivity contribution is -0.172. The van der Waals surface area contributed by atoms with E-state index in [1.165, 1.54) is 0 Å². The standard InChI is InChI=1S/C30H50N2O6/c1-12-22-30(10)26-20(7)24(31-13-14-32(26)28(35)38-30)17(4)15-29(9,36-11)23(18(5)16(2)3)19(6)25(33)21(8)27(34)37-22/h16-23,26H,12-15H2,1-11H3/t17-,18?,19-,20+,21-,22-,23-,26-,29-,30-/m1/s1. The molecule has 216 valence electrons. The van der Waals surface area contributed by atoms with Gasteiger partial charge in [0.2, 0.25) is 0 Å². The molecule has 1 unspecified atom stereocenters. The van der Waals surface area contributed by atoms with Gasteiger partial charge in [0.25, 0.3) is 0 Å². The van der Waals surface area contributed by atoms with Gasteiger partial charge in [-0.25, -0.2) is 4.79 Å². The third kappa shape index (κ3) is 5.14. The molecule has 2 bridgehead atoms. The van der Waals surface area contributed by atoms with Crippen LogP contribution in [0.25, 0.3) is 0 Å². The van der Waals surface area contributed by atoms with E-state index in [1.54, 1.807) is 18.9 Å². The Morgan fingerprint density at radius 2 is 1.71 bits per heavy atom. The molecular weight excluding hydrogens is 484 g/mol. The van der Waals surface area contributed by atoms with Crippen molar-refractivity contribution < 1.29 is 28.6 Å². The highest BCUT2D eigenvalue weighted by Gasteiger charge is 2.60. The van der Waals surface area contributed by atoms with Crippen LogP contribution in [0.4, 0.5) is 4.79 Å². The lowest BCUT2D eigenvalue weighted by Gasteiger charge is -2.47. The number of Topliss-reactive ketones (excluding diaryl/α,β-unsaturated/α-hetero) is 1. The molecule has 3 rings (SSSR count). The first kappa shape index (κ1) is 30.6. The van der Waals surface area contributed by atoms with E-state index in [-0.39, 0.29) is 35.5 Å². The molecule has 2 fully saturated rings. The van der Waals surface area contributed by atoms with Gasteiger partial charge in [0.1, 0.15) is 17.8 Å². The second-order valence-corrected chi connectivity index (χ2v) is 12.8. The zero-order valence-electron chi connectivity index (χ0n) is 25.4. The highest BCUT2D eigenvalue weighted by Crippen LogP contribution is 2.46. The van der Waals surface area contributed by atoms with Gasteiger partial charge in [-0.2, -0.15) is 0 Å². The zero-order chi connectivity index (χ0) is 28.7. The van der Waals surface area contributed by atoms with E-state index in [0.29, 0.717) is 31.8 Å². The monoisotopic (exact) mass is 534 g/mol. The molecule has 3 heterocycles. The Hall–Kier alpha value is -1.96. The number of ether oxygens (including phenoxy) is 3. The van der Waals surface area contributed by atoms with Crippen LogP contribution in [0.1, 0.15) is 82.1 Å². The average Bonchev–Trinajstić information content (AvgIpc) is 2.99. The molecule has 2 saturated heterocycles. The largest absolute Gasteiger partial charge is 0.458 e. The summed E-state index contributed by atoms with van der Waals surface area (Å²) in [5.74, 6) is -1.79. The molecule has 0 N–H and O–H groups in total. The Balaban J connectivity index is 2.20. The molecule has 8 heteroatoms. The predicted molar refractivity (Wildman–Crippen MR) is 147 cm³/mol. The predicted octanol–water partition coefficient (Wildman–Crippen LogP) is 5.17. The van der Waals surface area contributed by atoms with E-state index < -0.39 is 41.2 Å². The number of amides is 1. The molecule has 10 atom stereocenters. The van der Waals surface area contributed by atoms with Crippen LogP contribution >= 0.6 is 0 Å². The highest BCUT2D eigenvalue weighted by molar-refractivity contribution is 6.00. The molecule has 8 nitrogen and oxygen atoms in total. The molecule has 0 aromatic heterocycles. The average molecular weight is 535 g/mol. The Kier molecular flexibility index (Phi) is 9.06. The first-order chi connectivity index (χ1) is 17.6. The lowest BCUT2D eigenvalue weighted by Crippen LogP contribution is -2.58. The molecule has 0 aromatic rings. The first-order valence-electron chi connectivity index (χ1n) is 14.5. The Bertz CT molecular complexity index is 949. The number of ketones is 1. The SMILES string of the molecule is CC[C@H]1OC(=O)[C@H](C)C(=O)[C@H](C)[C@@H](C(C)C(C)C)[C@](C)(OC)C[C@@H](C)C2=NCCN3C(=O)O[C@@]1(C)[C@H]3[C@H]2C. The molecule has 0 aliphatic carbocycles. The molecule has 1 amide bonds. The number of carbonyl (C=O) groups excluding carboxylic acids is 3. The van der Waals surface area contributed by atoms with Crippen LogP contribution in [-0.2, 0) is 23.8 Å². The summed E-state index contributed by atoms with van der Waals surface area (Å²) in [4.78, 5) is 47.2. The number of cyclic esters (lactones) is 1. The fourth-order valence-corrected chi connectivity index (χ4v) is 7.74. The van der Waals surface area contributed by atoms with E-state index in [1.807, 2.05) is 20.8 Å². The van der Waals surface area contributed by atoms with Gasteiger partial charge >= 0.3 is 12.1 Å². The number of carbonyl (C=O) groups is 3. The van der Waals surface area contributed by atoms with Gasteiger partial charge in [-0.3, -0.25) is 19.5 Å². The Labute approximate surface area is 229 Å². The van der Waals surface area contributed by atoms with Crippen LogP contribution in [0.3, 0.4) is 0 Å². The first-order valence-corrected chi connectivity index (χ1v) is 14.5. The maximum Gasteiger partial charge on any atom is 0.410 e. The molecule has 3 aliphatic rings. The number of esters is 1. The van der Waals surface area contributed by atoms with Crippen molar-refractivity contribution in [2.45, 2.75) is 105 Å². The normalized spacial score (nSPS) is 41.7. The number of hydrogen-bond acceptors (Lipinski definition) is 7. The third-order valence-electron chi connectivity index (χ3n) is 10.1. The molecular formula is C30H50N2O6. The van der Waals surface area contributed by atoms with Crippen LogP contribution in [0, 0.1) is 41.4 Å². The van der Waals surface area contributed by atoms with Crippen molar-refractivity contribution in [2.24, 2.45) is 46.4 Å². The summed E-state index contributed by atoms with van der Waals surface area (Å²) >= 11 is 0. The Morgan fingerprint density at radius 1 is 1.08 bits per heavy atom. The van der Waals surface area contributed by atoms with Gasteiger partial charge in [0, 0.05) is 31.2 Å². The van der Waals surface area contributed by atoms with E-state index in [4.69, 9.17) is 19.2 Å². The van der Waals surface area contributed by atoms with E-state index >= 15 is 0 Å². The number of methoxy groups -OCH3 is 1. The van der Waals surface area contributed by atoms with Crippen molar-refractivity contribution in [2.75, 3.05) is 20.2 Å². The minimum atomic E-state index is -1.07. The van der Waals surface area contributed by atoms with Gasteiger partial charge in [-0.1, -0.05) is 48.5 Å². The van der Waals surface area contributed by atoms with Crippen molar-refractivity contribution in [3.63, 3.8) is 0 Å². The number of nitrogens with zero attached hydrogens (tertiary/aromatic N) is 2. The van der Waals surface area contributed by atoms with Gasteiger partial charge in [-0.15, -0.1) is 0 Å². The van der Waals surface area contributed by atoms with Gasteiger partial charge in [-0.05, 0) is 57.3 Å². The highest BCUT2D eigenvalue weighted by atomic mass is 16.6. The van der Waals surface area contributed by atoms with Crippen LogP contribution in [-0.4, -0.2) is 72.0 Å². The van der Waals surface area contributed by atoms with Crippen LogP contribution in [0.5, 0.6) is 0 Å². The van der Waals surface area contributed by atoms with Crippen molar-refractivity contribution in [1.29, 1.82) is 0 Å². The van der Waals surface area contributed by atoms with E-state index in [9.17, 15) is 14.4 Å². The van der Waals surface area contributed by atoms with E-state index in [0.717, 1.165) is 5.71 Å². The van der Waals surface area contributed by atoms with Crippen molar-refractivity contribution in [3.8, 4) is 0 Å². The number of hydrogen-bond donors (Lipinski definition) is 0. The van der Waals surface area contributed by atoms with Crippen LogP contribution in [0.2, 0.25) is 0 Å². The summed E-state index contributed by atoms with van der Waals surface area (Å²) in [5, 5.41) is 0. The smallest absolute Gasteiger partial charge is 0.410 e. The second-order valence-electron chi connectivity index (χ2n) is 12.8. The topological polar surface area (TPSA) is 94.5 Å². The lowest BCUT2D eigenvalue weighted by atomic mass is 9.63. The van der Waals surface area contributed by atoms with Crippen LogP contribution < -0.4 is 0 Å². The summed E-state index contributed by atoms with van der Waals surface area (Å²) in [5.41, 5.74) is -0.687. The summed E-state index contributed by atoms with van der Waals surface area (Å²) in [6, 6.07) is -0.344. The molecule has 0 spiro atoms. The van der Waals surface area contributed by atoms with Crippen molar-refractivity contribution >= 4 is 23.6 Å². The molecule has 0 aromatic carbocycles. The molecule has 0 saturated carbocycles. The quantitative estimate of drug-likeness (QED) is 0.365. The molecule has 0 radical (unpaired) electrons. The fourth-order valence-electron chi connectivity index (χ4n) is 7.74. The summed E-state index contributed by atoms with van der Waals surface area (Å²) in [7, 11) is 1.72. The third-order valence-corrected chi connectivity index (χ3v) is 10.1. The summed E-state index contributed by atoms with van der Waals surface area (Å²) in [6.45, 7) is 21.2. The zero-order valence-corrected chi connectivity index (χ0v) is 25.4. The maximum absolute atomic E-state index is 13.9. The van der Waals surface area contributed by atoms with Crippen molar-refractivity contribution in [3.05, 3.63) is 0 Å². The fraction of sp³-hybridized carbons (Fsp3) is 0.867. The van der Waals surface area contributed by atoms with E-state index in [2.05, 4.69) is 41.5 Å². The number of rotatable bonds is 4. The van der Waals surface area contributed by atoms with Gasteiger partial charge < -0.3 is 14.2 Å². The summed E-state index contributed by atoms with van der Waals surface area (Å²) < 4.78 is 18.4. The number of fused-ring (bicyclic) bond motifs is 1. The van der Waals surface area contributed by atoms with Crippen molar-refractivity contribution in [1.82, 2.24) is 4.90 Å². The second kappa shape index (κ2) is 11.3. The van der Waals surface area contributed by atoms with Crippen LogP contribution in [0.15, 0.2) is 4.99 Å². The minimum Gasteiger partial charge on any atom is -0.458 e. The maximum atomic E-state index is 13.9. The van der Waals surface area contributed by atoms with Gasteiger partial charge in [0.15, 0.2) is 5.60 Å².